The highest BCUT2D eigenvalue weighted by Crippen LogP contribution is 2.23. The second kappa shape index (κ2) is 1.39. The van der Waals surface area contributed by atoms with Gasteiger partial charge in [-0.05, 0) is 6.42 Å². The van der Waals surface area contributed by atoms with Crippen molar-refractivity contribution >= 4 is 6.03 Å². The summed E-state index contributed by atoms with van der Waals surface area (Å²) in [5, 5.41) is 14.3. The number of aliphatic hydroxyl groups excluding tert-OH is 1. The zero-order valence-corrected chi connectivity index (χ0v) is 4.79. The number of urea groups is 1. The van der Waals surface area contributed by atoms with Crippen molar-refractivity contribution in [3.8, 4) is 0 Å². The third-order valence-electron chi connectivity index (χ3n) is 1.96. The first-order valence-corrected chi connectivity index (χ1v) is 3.02. The van der Waals surface area contributed by atoms with E-state index in [4.69, 9.17) is 5.11 Å². The Bertz CT molecular complexity index is 159. The van der Waals surface area contributed by atoms with Crippen LogP contribution < -0.4 is 10.6 Å². The van der Waals surface area contributed by atoms with Crippen molar-refractivity contribution in [1.82, 2.24) is 10.6 Å². The Labute approximate surface area is 52.2 Å². The van der Waals surface area contributed by atoms with Gasteiger partial charge < -0.3 is 15.7 Å². The van der Waals surface area contributed by atoms with Gasteiger partial charge in [-0.25, -0.2) is 4.79 Å². The number of aliphatic hydroxyl groups is 1. The predicted molar refractivity (Wildman–Crippen MR) is 29.9 cm³/mol. The van der Waals surface area contributed by atoms with Crippen LogP contribution in [-0.4, -0.2) is 29.3 Å². The van der Waals surface area contributed by atoms with E-state index in [1.165, 1.54) is 0 Å². The monoisotopic (exact) mass is 128 g/mol. The average molecular weight is 128 g/mol. The lowest BCUT2D eigenvalue weighted by Crippen LogP contribution is -2.55. The lowest BCUT2D eigenvalue weighted by Gasteiger charge is -2.34. The van der Waals surface area contributed by atoms with Gasteiger partial charge in [0.25, 0.3) is 0 Å². The zero-order chi connectivity index (χ0) is 6.43. The summed E-state index contributed by atoms with van der Waals surface area (Å²) in [6, 6.07) is 0.0200. The number of fused-ring (bicyclic) bond motifs is 1. The summed E-state index contributed by atoms with van der Waals surface area (Å²) >= 11 is 0. The van der Waals surface area contributed by atoms with E-state index < -0.39 is 0 Å². The smallest absolute Gasteiger partial charge is 0.315 e. The molecule has 0 spiro atoms. The summed E-state index contributed by atoms with van der Waals surface area (Å²) < 4.78 is 0. The van der Waals surface area contributed by atoms with E-state index in [-0.39, 0.29) is 24.2 Å². The maximum atomic E-state index is 10.5. The van der Waals surface area contributed by atoms with E-state index in [9.17, 15) is 4.79 Å². The molecule has 2 amide bonds. The normalized spacial score (nSPS) is 46.8. The highest BCUT2D eigenvalue weighted by Gasteiger charge is 2.46. The van der Waals surface area contributed by atoms with Gasteiger partial charge in [-0.1, -0.05) is 0 Å². The first kappa shape index (κ1) is 5.05. The molecule has 1 aliphatic carbocycles. The molecule has 3 unspecified atom stereocenters. The minimum absolute atomic E-state index is 0.0162. The molecule has 0 aromatic heterocycles. The number of carbonyl (C=O) groups excluding carboxylic acids is 1. The average Bonchev–Trinajstić information content (AvgIpc) is 2.08. The minimum atomic E-state index is -0.325. The zero-order valence-electron chi connectivity index (χ0n) is 4.79. The van der Waals surface area contributed by atoms with Crippen LogP contribution in [0.3, 0.4) is 0 Å². The number of rotatable bonds is 0. The third kappa shape index (κ3) is 0.535. The second-order valence-corrected chi connectivity index (χ2v) is 2.55. The number of hydrogen-bond donors (Lipinski definition) is 3. The summed E-state index contributed by atoms with van der Waals surface area (Å²) in [6.07, 6.45) is 0.373. The van der Waals surface area contributed by atoms with Crippen LogP contribution >= 0.6 is 0 Å². The maximum Gasteiger partial charge on any atom is 0.315 e. The Hall–Kier alpha value is -0.770. The molecule has 1 saturated carbocycles. The molecule has 2 aliphatic rings. The lowest BCUT2D eigenvalue weighted by molar-refractivity contribution is 0.0463. The van der Waals surface area contributed by atoms with Crippen molar-refractivity contribution in [3.05, 3.63) is 0 Å². The molecule has 0 aromatic rings. The minimum Gasteiger partial charge on any atom is -0.391 e. The van der Waals surface area contributed by atoms with Gasteiger partial charge in [-0.3, -0.25) is 0 Å². The summed E-state index contributed by atoms with van der Waals surface area (Å²) in [4.78, 5) is 10.5. The van der Waals surface area contributed by atoms with Crippen molar-refractivity contribution in [2.24, 2.45) is 0 Å². The van der Waals surface area contributed by atoms with Crippen LogP contribution in [0.15, 0.2) is 0 Å². The van der Waals surface area contributed by atoms with Crippen molar-refractivity contribution in [1.29, 1.82) is 0 Å². The fraction of sp³-hybridized carbons (Fsp3) is 0.800. The van der Waals surface area contributed by atoms with Gasteiger partial charge in [-0.2, -0.15) is 0 Å². The summed E-state index contributed by atoms with van der Waals surface area (Å²) in [6.45, 7) is 0. The van der Waals surface area contributed by atoms with Gasteiger partial charge in [0.05, 0.1) is 18.2 Å². The fourth-order valence-corrected chi connectivity index (χ4v) is 1.33. The highest BCUT2D eigenvalue weighted by atomic mass is 16.3. The highest BCUT2D eigenvalue weighted by molar-refractivity contribution is 5.78. The quantitative estimate of drug-likeness (QED) is 0.384. The lowest BCUT2D eigenvalue weighted by atomic mass is 9.85. The van der Waals surface area contributed by atoms with E-state index >= 15 is 0 Å². The van der Waals surface area contributed by atoms with Gasteiger partial charge in [-0.15, -0.1) is 0 Å². The molecule has 50 valence electrons. The van der Waals surface area contributed by atoms with Crippen LogP contribution in [0.4, 0.5) is 4.79 Å². The second-order valence-electron chi connectivity index (χ2n) is 2.55. The van der Waals surface area contributed by atoms with E-state index in [2.05, 4.69) is 10.6 Å². The molecule has 0 bridgehead atoms. The molecular weight excluding hydrogens is 120 g/mol. The molecule has 1 aliphatic heterocycles. The van der Waals surface area contributed by atoms with Gasteiger partial charge in [0.2, 0.25) is 0 Å². The SMILES string of the molecule is O=C1NC2CC(O)C2N1. The molecule has 4 nitrogen and oxygen atoms in total. The standard InChI is InChI=1S/C5H8N2O2/c8-3-1-2-4(3)7-5(9)6-2/h2-4,8H,1H2,(H2,6,7,9). The Morgan fingerprint density at radius 2 is 2.33 bits per heavy atom. The number of hydrogen-bond acceptors (Lipinski definition) is 2. The fourth-order valence-electron chi connectivity index (χ4n) is 1.33. The molecule has 0 aromatic carbocycles. The predicted octanol–water partition coefficient (Wildman–Crippen LogP) is -1.20. The van der Waals surface area contributed by atoms with E-state index in [1.807, 2.05) is 0 Å². The number of amides is 2. The van der Waals surface area contributed by atoms with Crippen molar-refractivity contribution in [2.75, 3.05) is 0 Å². The first-order valence-electron chi connectivity index (χ1n) is 3.02. The van der Waals surface area contributed by atoms with Crippen LogP contribution in [0, 0.1) is 0 Å². The molecule has 9 heavy (non-hydrogen) atoms. The molecule has 2 fully saturated rings. The van der Waals surface area contributed by atoms with E-state index in [1.54, 1.807) is 0 Å². The van der Waals surface area contributed by atoms with Gasteiger partial charge in [0.1, 0.15) is 0 Å². The number of carbonyl (C=O) groups is 1. The van der Waals surface area contributed by atoms with Gasteiger partial charge in [0, 0.05) is 0 Å². The van der Waals surface area contributed by atoms with E-state index in [0.29, 0.717) is 6.42 Å². The first-order chi connectivity index (χ1) is 4.27. The Kier molecular flexibility index (Phi) is 0.778. The van der Waals surface area contributed by atoms with Gasteiger partial charge in [0.15, 0.2) is 0 Å². The topological polar surface area (TPSA) is 61.4 Å². The molecule has 1 saturated heterocycles. The molecule has 2 rings (SSSR count). The molecule has 4 heteroatoms. The molecule has 3 N–H and O–H groups in total. The Balaban J connectivity index is 2.08. The van der Waals surface area contributed by atoms with Crippen molar-refractivity contribution in [2.45, 2.75) is 24.6 Å². The van der Waals surface area contributed by atoms with Crippen LogP contribution in [0.1, 0.15) is 6.42 Å². The molecular formula is C5H8N2O2. The molecule has 1 heterocycles. The summed E-state index contributed by atoms with van der Waals surface area (Å²) in [5.74, 6) is 0. The van der Waals surface area contributed by atoms with Gasteiger partial charge >= 0.3 is 6.03 Å². The van der Waals surface area contributed by atoms with Crippen molar-refractivity contribution < 1.29 is 9.90 Å². The van der Waals surface area contributed by atoms with Crippen LogP contribution in [0.2, 0.25) is 0 Å². The molecule has 0 radical (unpaired) electrons. The maximum absolute atomic E-state index is 10.5. The van der Waals surface area contributed by atoms with E-state index in [0.717, 1.165) is 0 Å². The van der Waals surface area contributed by atoms with Crippen LogP contribution in [-0.2, 0) is 0 Å². The number of nitrogens with one attached hydrogen (secondary N) is 2. The Morgan fingerprint density at radius 3 is 2.78 bits per heavy atom. The summed E-state index contributed by atoms with van der Waals surface area (Å²) in [5.41, 5.74) is 0. The Morgan fingerprint density at radius 1 is 1.56 bits per heavy atom. The molecule has 3 atom stereocenters. The van der Waals surface area contributed by atoms with Crippen LogP contribution in [0.5, 0.6) is 0 Å². The third-order valence-corrected chi connectivity index (χ3v) is 1.96. The summed E-state index contributed by atoms with van der Waals surface area (Å²) in [7, 11) is 0. The largest absolute Gasteiger partial charge is 0.391 e. The van der Waals surface area contributed by atoms with Crippen LogP contribution in [0.25, 0.3) is 0 Å². The van der Waals surface area contributed by atoms with Crippen molar-refractivity contribution in [3.63, 3.8) is 0 Å².